The van der Waals surface area contributed by atoms with Gasteiger partial charge in [-0.05, 0) is 68.2 Å². The van der Waals surface area contributed by atoms with Gasteiger partial charge in [0.1, 0.15) is 5.75 Å². The maximum atomic E-state index is 12.7. The predicted molar refractivity (Wildman–Crippen MR) is 94.5 cm³/mol. The van der Waals surface area contributed by atoms with Crippen LogP contribution in [0.1, 0.15) is 54.4 Å². The summed E-state index contributed by atoms with van der Waals surface area (Å²) in [4.78, 5) is 14.7. The highest BCUT2D eigenvalue weighted by Crippen LogP contribution is 2.44. The summed E-state index contributed by atoms with van der Waals surface area (Å²) in [5, 5.41) is 0. The second-order valence-electron chi connectivity index (χ2n) is 6.72. The van der Waals surface area contributed by atoms with Crippen molar-refractivity contribution >= 4 is 18.3 Å². The zero-order valence-electron chi connectivity index (χ0n) is 14.0. The van der Waals surface area contributed by atoms with Crippen molar-refractivity contribution in [3.05, 3.63) is 29.3 Å². The highest BCUT2D eigenvalue weighted by Gasteiger charge is 2.29. The fraction of sp³-hybridized carbons (Fsp3) is 0.611. The highest BCUT2D eigenvalue weighted by atomic mass is 35.5. The van der Waals surface area contributed by atoms with Crippen LogP contribution in [0.15, 0.2) is 18.2 Å². The molecule has 0 bridgehead atoms. The molecule has 128 valence electrons. The Labute approximate surface area is 144 Å². The number of carbonyl (C=O) groups excluding carboxylic acids is 1. The summed E-state index contributed by atoms with van der Waals surface area (Å²) < 4.78 is 5.43. The molecule has 23 heavy (non-hydrogen) atoms. The number of hydrogen-bond acceptors (Lipinski definition) is 3. The summed E-state index contributed by atoms with van der Waals surface area (Å²) in [6, 6.07) is 6.09. The number of amides is 1. The smallest absolute Gasteiger partial charge is 0.253 e. The minimum absolute atomic E-state index is 0. The minimum Gasteiger partial charge on any atom is -0.496 e. The van der Waals surface area contributed by atoms with Crippen molar-refractivity contribution in [2.75, 3.05) is 20.2 Å². The van der Waals surface area contributed by atoms with Gasteiger partial charge in [-0.2, -0.15) is 0 Å². The van der Waals surface area contributed by atoms with Gasteiger partial charge in [-0.3, -0.25) is 4.79 Å². The summed E-state index contributed by atoms with van der Waals surface area (Å²) in [7, 11) is 1.70. The molecule has 1 aliphatic heterocycles. The topological polar surface area (TPSA) is 55.6 Å². The number of hydrogen-bond donors (Lipinski definition) is 1. The number of methoxy groups -OCH3 is 1. The Morgan fingerprint density at radius 3 is 2.43 bits per heavy atom. The van der Waals surface area contributed by atoms with Crippen LogP contribution in [0.3, 0.4) is 0 Å². The van der Waals surface area contributed by atoms with Gasteiger partial charge in [0.05, 0.1) is 7.11 Å². The predicted octanol–water partition coefficient (Wildman–Crippen LogP) is 3.19. The maximum Gasteiger partial charge on any atom is 0.253 e. The number of nitrogens with zero attached hydrogens (tertiary/aromatic N) is 1. The lowest BCUT2D eigenvalue weighted by Crippen LogP contribution is -2.42. The third-order valence-electron chi connectivity index (χ3n) is 5.06. The largest absolute Gasteiger partial charge is 0.496 e. The zero-order valence-corrected chi connectivity index (χ0v) is 14.8. The Kier molecular flexibility index (Phi) is 5.93. The number of ether oxygens (including phenoxy) is 1. The monoisotopic (exact) mass is 338 g/mol. The van der Waals surface area contributed by atoms with E-state index in [0.29, 0.717) is 11.8 Å². The summed E-state index contributed by atoms with van der Waals surface area (Å²) in [5.74, 6) is 2.18. The molecular formula is C18H27ClN2O2. The van der Waals surface area contributed by atoms with Crippen LogP contribution in [-0.4, -0.2) is 37.0 Å². The van der Waals surface area contributed by atoms with E-state index < -0.39 is 0 Å². The molecular weight excluding hydrogens is 312 g/mol. The van der Waals surface area contributed by atoms with E-state index in [1.54, 1.807) is 7.11 Å². The molecule has 2 N–H and O–H groups in total. The standard InChI is InChI=1S/C18H26N2O2.ClH/c1-12(19)13-7-9-20(10-8-13)18(21)15-5-6-17(22-2)16(11-15)14-3-4-14;/h5-6,11-14H,3-4,7-10,19H2,1-2H3;1H. The van der Waals surface area contributed by atoms with E-state index >= 15 is 0 Å². The number of likely N-dealkylation sites (tertiary alicyclic amines) is 1. The van der Waals surface area contributed by atoms with E-state index in [1.807, 2.05) is 23.1 Å². The molecule has 1 heterocycles. The number of nitrogens with two attached hydrogens (primary N) is 1. The maximum absolute atomic E-state index is 12.7. The summed E-state index contributed by atoms with van der Waals surface area (Å²) >= 11 is 0. The summed E-state index contributed by atoms with van der Waals surface area (Å²) in [5.41, 5.74) is 7.96. The third kappa shape index (κ3) is 3.99. The second-order valence-corrected chi connectivity index (χ2v) is 6.72. The Bertz CT molecular complexity index is 550. The fourth-order valence-corrected chi connectivity index (χ4v) is 3.39. The van der Waals surface area contributed by atoms with Gasteiger partial charge in [-0.25, -0.2) is 0 Å². The fourth-order valence-electron chi connectivity index (χ4n) is 3.39. The van der Waals surface area contributed by atoms with Crippen LogP contribution < -0.4 is 10.5 Å². The highest BCUT2D eigenvalue weighted by molar-refractivity contribution is 5.94. The van der Waals surface area contributed by atoms with Gasteiger partial charge >= 0.3 is 0 Å². The van der Waals surface area contributed by atoms with E-state index in [1.165, 1.54) is 18.4 Å². The summed E-state index contributed by atoms with van der Waals surface area (Å²) in [6.45, 7) is 3.69. The van der Waals surface area contributed by atoms with Gasteiger partial charge in [0.2, 0.25) is 0 Å². The lowest BCUT2D eigenvalue weighted by Gasteiger charge is -2.33. The number of benzene rings is 1. The molecule has 1 aromatic carbocycles. The van der Waals surface area contributed by atoms with Gasteiger partial charge in [-0.1, -0.05) is 0 Å². The van der Waals surface area contributed by atoms with Crippen LogP contribution in [0.2, 0.25) is 0 Å². The van der Waals surface area contributed by atoms with Gasteiger partial charge in [-0.15, -0.1) is 12.4 Å². The normalized spacial score (nSPS) is 19.9. The quantitative estimate of drug-likeness (QED) is 0.917. The Hall–Kier alpha value is -1.26. The minimum atomic E-state index is 0. The van der Waals surface area contributed by atoms with Crippen LogP contribution in [0.5, 0.6) is 5.75 Å². The van der Waals surface area contributed by atoms with Gasteiger partial charge in [0.25, 0.3) is 5.91 Å². The zero-order chi connectivity index (χ0) is 15.7. The van der Waals surface area contributed by atoms with E-state index in [9.17, 15) is 4.79 Å². The number of carbonyl (C=O) groups is 1. The Morgan fingerprint density at radius 1 is 1.26 bits per heavy atom. The van der Waals surface area contributed by atoms with Crippen molar-refractivity contribution in [3.8, 4) is 5.75 Å². The number of piperidine rings is 1. The lowest BCUT2D eigenvalue weighted by atomic mass is 9.90. The molecule has 1 atom stereocenters. The van der Waals surface area contributed by atoms with Gasteiger partial charge in [0, 0.05) is 24.7 Å². The van der Waals surface area contributed by atoms with E-state index in [-0.39, 0.29) is 24.4 Å². The number of halogens is 1. The molecule has 1 aromatic rings. The average molecular weight is 339 g/mol. The Balaban J connectivity index is 0.00000192. The number of rotatable bonds is 4. The molecule has 5 heteroatoms. The SMILES string of the molecule is COc1ccc(C(=O)N2CCC(C(C)N)CC2)cc1C1CC1.Cl. The van der Waals surface area contributed by atoms with Crippen LogP contribution >= 0.6 is 12.4 Å². The van der Waals surface area contributed by atoms with Crippen molar-refractivity contribution in [3.63, 3.8) is 0 Å². The van der Waals surface area contributed by atoms with E-state index in [0.717, 1.165) is 37.2 Å². The molecule has 1 saturated heterocycles. The molecule has 3 rings (SSSR count). The third-order valence-corrected chi connectivity index (χ3v) is 5.06. The van der Waals surface area contributed by atoms with E-state index in [4.69, 9.17) is 10.5 Å². The average Bonchev–Trinajstić information content (AvgIpc) is 3.38. The molecule has 0 spiro atoms. The Morgan fingerprint density at radius 2 is 1.91 bits per heavy atom. The molecule has 1 aliphatic carbocycles. The molecule has 1 unspecified atom stereocenters. The van der Waals surface area contributed by atoms with Gasteiger partial charge < -0.3 is 15.4 Å². The van der Waals surface area contributed by atoms with Crippen LogP contribution in [-0.2, 0) is 0 Å². The molecule has 4 nitrogen and oxygen atoms in total. The first-order valence-electron chi connectivity index (χ1n) is 8.33. The molecule has 0 aromatic heterocycles. The van der Waals surface area contributed by atoms with Crippen LogP contribution in [0, 0.1) is 5.92 Å². The van der Waals surface area contributed by atoms with Crippen LogP contribution in [0.25, 0.3) is 0 Å². The first kappa shape index (κ1) is 18.1. The second kappa shape index (κ2) is 7.54. The molecule has 0 radical (unpaired) electrons. The first-order valence-corrected chi connectivity index (χ1v) is 8.33. The molecule has 1 saturated carbocycles. The van der Waals surface area contributed by atoms with Crippen molar-refractivity contribution in [2.24, 2.45) is 11.7 Å². The van der Waals surface area contributed by atoms with Gasteiger partial charge in [0.15, 0.2) is 0 Å². The van der Waals surface area contributed by atoms with Crippen molar-refractivity contribution < 1.29 is 9.53 Å². The van der Waals surface area contributed by atoms with Crippen molar-refractivity contribution in [1.82, 2.24) is 4.90 Å². The molecule has 1 amide bonds. The molecule has 2 aliphatic rings. The summed E-state index contributed by atoms with van der Waals surface area (Å²) in [6.07, 6.45) is 4.42. The van der Waals surface area contributed by atoms with Crippen molar-refractivity contribution in [2.45, 2.75) is 44.6 Å². The van der Waals surface area contributed by atoms with E-state index in [2.05, 4.69) is 6.92 Å². The van der Waals surface area contributed by atoms with Crippen LogP contribution in [0.4, 0.5) is 0 Å². The van der Waals surface area contributed by atoms with Crippen molar-refractivity contribution in [1.29, 1.82) is 0 Å². The molecule has 2 fully saturated rings. The lowest BCUT2D eigenvalue weighted by molar-refractivity contribution is 0.0681. The first-order chi connectivity index (χ1) is 10.6.